The molecule has 1 aliphatic rings. The van der Waals surface area contributed by atoms with Crippen molar-refractivity contribution in [3.8, 4) is 0 Å². The number of rotatable bonds is 6. The predicted octanol–water partition coefficient (Wildman–Crippen LogP) is 4.17. The molecule has 30 heavy (non-hydrogen) atoms. The van der Waals surface area contributed by atoms with Gasteiger partial charge in [0.15, 0.2) is 5.78 Å². The highest BCUT2D eigenvalue weighted by atomic mass is 35.5. The maximum atomic E-state index is 14.0. The Hall–Kier alpha value is -2.73. The van der Waals surface area contributed by atoms with Crippen molar-refractivity contribution in [1.82, 2.24) is 10.2 Å². The lowest BCUT2D eigenvalue weighted by molar-refractivity contribution is -0.122. The summed E-state index contributed by atoms with van der Waals surface area (Å²) < 4.78 is 14.0. The normalized spacial score (nSPS) is 14.4. The summed E-state index contributed by atoms with van der Waals surface area (Å²) in [5, 5.41) is 3.02. The largest absolute Gasteiger partial charge is 0.353 e. The molecule has 1 aliphatic heterocycles. The standard InChI is InChI=1S/C23H24ClFN2O3/c1-15-5-7-16(8-6-15)20(28)9-10-21(29)26-17-11-13-27(14-12-17)23(30)22-18(24)3-2-4-19(22)25/h2-8,17H,9-14H2,1H3,(H,26,29). The molecule has 2 amide bonds. The van der Waals surface area contributed by atoms with Crippen LogP contribution in [0, 0.1) is 12.7 Å². The van der Waals surface area contributed by atoms with Gasteiger partial charge in [-0.2, -0.15) is 0 Å². The fourth-order valence-corrected chi connectivity index (χ4v) is 3.74. The van der Waals surface area contributed by atoms with E-state index in [4.69, 9.17) is 11.6 Å². The number of nitrogens with one attached hydrogen (secondary N) is 1. The van der Waals surface area contributed by atoms with Gasteiger partial charge < -0.3 is 10.2 Å². The first-order valence-corrected chi connectivity index (χ1v) is 10.4. The van der Waals surface area contributed by atoms with Crippen LogP contribution in [0.1, 0.15) is 52.0 Å². The maximum absolute atomic E-state index is 14.0. The summed E-state index contributed by atoms with van der Waals surface area (Å²) in [6, 6.07) is 11.4. The first-order chi connectivity index (χ1) is 14.3. The number of hydrogen-bond donors (Lipinski definition) is 1. The predicted molar refractivity (Wildman–Crippen MR) is 113 cm³/mol. The number of amides is 2. The van der Waals surface area contributed by atoms with Crippen molar-refractivity contribution in [2.24, 2.45) is 0 Å². The molecule has 3 rings (SSSR count). The lowest BCUT2D eigenvalue weighted by Crippen LogP contribution is -2.46. The van der Waals surface area contributed by atoms with Crippen molar-refractivity contribution in [3.63, 3.8) is 0 Å². The number of likely N-dealkylation sites (tertiary alicyclic amines) is 1. The van der Waals surface area contributed by atoms with Gasteiger partial charge in [0.25, 0.3) is 5.91 Å². The molecule has 1 heterocycles. The summed E-state index contributed by atoms with van der Waals surface area (Å²) >= 11 is 5.98. The van der Waals surface area contributed by atoms with Crippen LogP contribution in [-0.2, 0) is 4.79 Å². The van der Waals surface area contributed by atoms with Crippen molar-refractivity contribution in [3.05, 3.63) is 70.0 Å². The van der Waals surface area contributed by atoms with Gasteiger partial charge in [-0.3, -0.25) is 14.4 Å². The van der Waals surface area contributed by atoms with Crippen molar-refractivity contribution >= 4 is 29.2 Å². The van der Waals surface area contributed by atoms with Crippen molar-refractivity contribution in [2.75, 3.05) is 13.1 Å². The molecule has 0 bridgehead atoms. The van der Waals surface area contributed by atoms with E-state index in [2.05, 4.69) is 5.32 Å². The fraction of sp³-hybridized carbons (Fsp3) is 0.348. The molecule has 0 radical (unpaired) electrons. The van der Waals surface area contributed by atoms with Gasteiger partial charge in [0.05, 0.1) is 10.6 Å². The van der Waals surface area contributed by atoms with Crippen molar-refractivity contribution < 1.29 is 18.8 Å². The van der Waals surface area contributed by atoms with E-state index in [0.717, 1.165) is 5.56 Å². The number of nitrogens with zero attached hydrogens (tertiary/aromatic N) is 1. The van der Waals surface area contributed by atoms with Crippen LogP contribution in [0.4, 0.5) is 4.39 Å². The number of carbonyl (C=O) groups excluding carboxylic acids is 3. The Morgan fingerprint density at radius 1 is 1.07 bits per heavy atom. The van der Waals surface area contributed by atoms with Crippen molar-refractivity contribution in [1.29, 1.82) is 0 Å². The van der Waals surface area contributed by atoms with Gasteiger partial charge in [0.2, 0.25) is 5.91 Å². The Labute approximate surface area is 180 Å². The van der Waals surface area contributed by atoms with E-state index in [9.17, 15) is 18.8 Å². The highest BCUT2D eigenvalue weighted by Gasteiger charge is 2.27. The zero-order valence-corrected chi connectivity index (χ0v) is 17.5. The zero-order valence-electron chi connectivity index (χ0n) is 16.8. The molecule has 0 spiro atoms. The van der Waals surface area contributed by atoms with Crippen LogP contribution in [0.3, 0.4) is 0 Å². The highest BCUT2D eigenvalue weighted by molar-refractivity contribution is 6.33. The van der Waals surface area contributed by atoms with Gasteiger partial charge in [-0.05, 0) is 31.9 Å². The summed E-state index contributed by atoms with van der Waals surface area (Å²) in [6.07, 6.45) is 1.40. The fourth-order valence-electron chi connectivity index (χ4n) is 3.50. The third-order valence-electron chi connectivity index (χ3n) is 5.28. The summed E-state index contributed by atoms with van der Waals surface area (Å²) in [5.74, 6) is -1.32. The molecule has 0 unspecified atom stereocenters. The Kier molecular flexibility index (Phi) is 7.21. The van der Waals surface area contributed by atoms with E-state index in [1.165, 1.54) is 18.2 Å². The van der Waals surface area contributed by atoms with Gasteiger partial charge in [-0.15, -0.1) is 0 Å². The molecule has 1 N–H and O–H groups in total. The minimum Gasteiger partial charge on any atom is -0.353 e. The number of ketones is 1. The van der Waals surface area contributed by atoms with E-state index in [1.807, 2.05) is 19.1 Å². The SMILES string of the molecule is Cc1ccc(C(=O)CCC(=O)NC2CCN(C(=O)c3c(F)cccc3Cl)CC2)cc1. The van der Waals surface area contributed by atoms with Crippen LogP contribution < -0.4 is 5.32 Å². The molecular formula is C23H24ClFN2O3. The first-order valence-electron chi connectivity index (χ1n) is 9.97. The van der Waals surface area contributed by atoms with E-state index >= 15 is 0 Å². The van der Waals surface area contributed by atoms with Gasteiger partial charge in [0.1, 0.15) is 5.82 Å². The average molecular weight is 431 g/mol. The molecule has 0 atom stereocenters. The smallest absolute Gasteiger partial charge is 0.258 e. The molecule has 0 aliphatic carbocycles. The quantitative estimate of drug-likeness (QED) is 0.699. The number of benzene rings is 2. The number of aryl methyl sites for hydroxylation is 1. The minimum absolute atomic E-state index is 0.0627. The molecule has 0 aromatic heterocycles. The van der Waals surface area contributed by atoms with E-state index in [0.29, 0.717) is 31.5 Å². The number of carbonyl (C=O) groups is 3. The number of hydrogen-bond acceptors (Lipinski definition) is 3. The second kappa shape index (κ2) is 9.85. The van der Waals surface area contributed by atoms with Crippen LogP contribution in [-0.4, -0.2) is 41.6 Å². The van der Waals surface area contributed by atoms with Crippen LogP contribution >= 0.6 is 11.6 Å². The van der Waals surface area contributed by atoms with Crippen molar-refractivity contribution in [2.45, 2.75) is 38.6 Å². The van der Waals surface area contributed by atoms with Gasteiger partial charge in [0, 0.05) is 37.5 Å². The Bertz CT molecular complexity index is 918. The summed E-state index contributed by atoms with van der Waals surface area (Å²) in [7, 11) is 0. The zero-order chi connectivity index (χ0) is 21.7. The van der Waals surface area contributed by atoms with Crippen LogP contribution in [0.15, 0.2) is 42.5 Å². The number of piperidine rings is 1. The molecule has 2 aromatic rings. The minimum atomic E-state index is -0.638. The molecule has 0 saturated carbocycles. The molecule has 158 valence electrons. The Morgan fingerprint density at radius 3 is 2.37 bits per heavy atom. The molecular weight excluding hydrogens is 407 g/mol. The Balaban J connectivity index is 1.45. The van der Waals surface area contributed by atoms with Crippen LogP contribution in [0.5, 0.6) is 0 Å². The summed E-state index contributed by atoms with van der Waals surface area (Å²) in [6.45, 7) is 2.75. The van der Waals surface area contributed by atoms with Gasteiger partial charge in [-0.1, -0.05) is 47.5 Å². The highest BCUT2D eigenvalue weighted by Crippen LogP contribution is 2.23. The topological polar surface area (TPSA) is 66.5 Å². The Morgan fingerprint density at radius 2 is 1.73 bits per heavy atom. The summed E-state index contributed by atoms with van der Waals surface area (Å²) in [4.78, 5) is 38.5. The van der Waals surface area contributed by atoms with Crippen LogP contribution in [0.25, 0.3) is 0 Å². The third-order valence-corrected chi connectivity index (χ3v) is 5.59. The van der Waals surface area contributed by atoms with Gasteiger partial charge >= 0.3 is 0 Å². The van der Waals surface area contributed by atoms with E-state index < -0.39 is 11.7 Å². The lowest BCUT2D eigenvalue weighted by Gasteiger charge is -2.32. The molecule has 1 saturated heterocycles. The average Bonchev–Trinajstić information content (AvgIpc) is 2.73. The van der Waals surface area contributed by atoms with E-state index in [1.54, 1.807) is 17.0 Å². The monoisotopic (exact) mass is 430 g/mol. The van der Waals surface area contributed by atoms with Gasteiger partial charge in [-0.25, -0.2) is 4.39 Å². The second-order valence-corrected chi connectivity index (χ2v) is 7.93. The molecule has 5 nitrogen and oxygen atoms in total. The molecule has 2 aromatic carbocycles. The number of halogens is 2. The van der Waals surface area contributed by atoms with E-state index in [-0.39, 0.29) is 41.2 Å². The number of Topliss-reactive ketones (excluding diaryl/α,β-unsaturated/α-hetero) is 1. The maximum Gasteiger partial charge on any atom is 0.258 e. The summed E-state index contributed by atoms with van der Waals surface area (Å²) in [5.41, 5.74) is 1.56. The second-order valence-electron chi connectivity index (χ2n) is 7.52. The lowest BCUT2D eigenvalue weighted by atomic mass is 10.0. The first kappa shape index (κ1) is 22.0. The third kappa shape index (κ3) is 5.45. The molecule has 7 heteroatoms. The van der Waals surface area contributed by atoms with Crippen LogP contribution in [0.2, 0.25) is 5.02 Å². The molecule has 1 fully saturated rings.